The van der Waals surface area contributed by atoms with Gasteiger partial charge in [0.2, 0.25) is 0 Å². The number of esters is 1. The van der Waals surface area contributed by atoms with Crippen LogP contribution >= 0.6 is 11.6 Å². The summed E-state index contributed by atoms with van der Waals surface area (Å²) in [6.07, 6.45) is 0. The van der Waals surface area contributed by atoms with Crippen LogP contribution in [-0.2, 0) is 14.3 Å². The minimum absolute atomic E-state index is 0.255. The third-order valence-corrected chi connectivity index (χ3v) is 2.81. The van der Waals surface area contributed by atoms with Gasteiger partial charge in [-0.1, -0.05) is 35.9 Å². The van der Waals surface area contributed by atoms with Crippen molar-refractivity contribution >= 4 is 29.2 Å². The topological polar surface area (TPSA) is 64.6 Å². The third kappa shape index (κ3) is 5.46. The molecule has 0 radical (unpaired) electrons. The average molecular weight is 320 g/mol. The van der Waals surface area contributed by atoms with Crippen LogP contribution in [0.3, 0.4) is 0 Å². The van der Waals surface area contributed by atoms with Crippen LogP contribution in [0.15, 0.2) is 54.6 Å². The van der Waals surface area contributed by atoms with Gasteiger partial charge in [0.1, 0.15) is 5.75 Å². The van der Waals surface area contributed by atoms with E-state index in [1.165, 1.54) is 0 Å². The van der Waals surface area contributed by atoms with Gasteiger partial charge in [-0.15, -0.1) is 0 Å². The Hall–Kier alpha value is -2.53. The number of para-hydroxylation sites is 1. The number of rotatable bonds is 6. The lowest BCUT2D eigenvalue weighted by Crippen LogP contribution is -2.23. The first-order chi connectivity index (χ1) is 10.6. The lowest BCUT2D eigenvalue weighted by atomic mass is 10.3. The molecule has 0 aliphatic heterocycles. The molecule has 2 aromatic rings. The zero-order valence-electron chi connectivity index (χ0n) is 11.6. The van der Waals surface area contributed by atoms with Crippen molar-refractivity contribution in [3.63, 3.8) is 0 Å². The SMILES string of the molecule is O=C(COC(=O)COc1ccccc1)Nc1cccc(Cl)c1. The Balaban J connectivity index is 1.70. The molecule has 1 N–H and O–H groups in total. The second-order valence-corrected chi connectivity index (χ2v) is 4.76. The Morgan fingerprint density at radius 1 is 1.00 bits per heavy atom. The number of carbonyl (C=O) groups excluding carboxylic acids is 2. The second-order valence-electron chi connectivity index (χ2n) is 4.32. The highest BCUT2D eigenvalue weighted by Crippen LogP contribution is 2.14. The Morgan fingerprint density at radius 2 is 1.77 bits per heavy atom. The largest absolute Gasteiger partial charge is 0.482 e. The van der Waals surface area contributed by atoms with E-state index in [4.69, 9.17) is 21.1 Å². The quantitative estimate of drug-likeness (QED) is 0.831. The molecule has 0 fully saturated rings. The van der Waals surface area contributed by atoms with E-state index in [0.29, 0.717) is 16.5 Å². The van der Waals surface area contributed by atoms with Crippen LogP contribution in [0.4, 0.5) is 5.69 Å². The molecule has 2 aromatic carbocycles. The maximum Gasteiger partial charge on any atom is 0.344 e. The first-order valence-corrected chi connectivity index (χ1v) is 6.90. The van der Waals surface area contributed by atoms with Crippen LogP contribution in [0, 0.1) is 0 Å². The van der Waals surface area contributed by atoms with Gasteiger partial charge in [-0.25, -0.2) is 4.79 Å². The van der Waals surface area contributed by atoms with Crippen LogP contribution in [-0.4, -0.2) is 25.1 Å². The Bertz CT molecular complexity index is 646. The van der Waals surface area contributed by atoms with Crippen molar-refractivity contribution in [2.24, 2.45) is 0 Å². The molecule has 0 bridgehead atoms. The van der Waals surface area contributed by atoms with Crippen molar-refractivity contribution in [2.75, 3.05) is 18.5 Å². The zero-order chi connectivity index (χ0) is 15.8. The number of halogens is 1. The molecule has 0 atom stereocenters. The summed E-state index contributed by atoms with van der Waals surface area (Å²) in [5.74, 6) is -0.511. The number of amides is 1. The van der Waals surface area contributed by atoms with Crippen LogP contribution in [0.25, 0.3) is 0 Å². The standard InChI is InChI=1S/C16H14ClNO4/c17-12-5-4-6-13(9-12)18-15(19)10-22-16(20)11-21-14-7-2-1-3-8-14/h1-9H,10-11H2,(H,18,19). The highest BCUT2D eigenvalue weighted by Gasteiger charge is 2.09. The Morgan fingerprint density at radius 3 is 2.50 bits per heavy atom. The van der Waals surface area contributed by atoms with Gasteiger partial charge in [-0.05, 0) is 30.3 Å². The van der Waals surface area contributed by atoms with E-state index >= 15 is 0 Å². The fourth-order valence-corrected chi connectivity index (χ4v) is 1.80. The number of benzene rings is 2. The molecule has 0 saturated carbocycles. The molecule has 22 heavy (non-hydrogen) atoms. The van der Waals surface area contributed by atoms with Crippen molar-refractivity contribution in [1.82, 2.24) is 0 Å². The molecule has 0 unspecified atom stereocenters. The summed E-state index contributed by atoms with van der Waals surface area (Å²) in [7, 11) is 0. The number of carbonyl (C=O) groups is 2. The summed E-state index contributed by atoms with van der Waals surface area (Å²) < 4.78 is 10.0. The normalized spacial score (nSPS) is 9.86. The molecule has 0 spiro atoms. The van der Waals surface area contributed by atoms with Gasteiger partial charge < -0.3 is 14.8 Å². The molecule has 0 aromatic heterocycles. The molecule has 0 aliphatic rings. The van der Waals surface area contributed by atoms with Crippen molar-refractivity contribution in [3.8, 4) is 5.75 Å². The van der Waals surface area contributed by atoms with E-state index in [0.717, 1.165) is 0 Å². The minimum Gasteiger partial charge on any atom is -0.482 e. The molecule has 114 valence electrons. The van der Waals surface area contributed by atoms with Gasteiger partial charge in [0.05, 0.1) is 0 Å². The maximum atomic E-state index is 11.6. The van der Waals surface area contributed by atoms with Crippen molar-refractivity contribution in [3.05, 3.63) is 59.6 Å². The van der Waals surface area contributed by atoms with E-state index in [-0.39, 0.29) is 13.2 Å². The first kappa shape index (κ1) is 15.9. The number of hydrogen-bond acceptors (Lipinski definition) is 4. The predicted molar refractivity (Wildman–Crippen MR) is 83.0 cm³/mol. The number of hydrogen-bond donors (Lipinski definition) is 1. The van der Waals surface area contributed by atoms with Gasteiger partial charge >= 0.3 is 5.97 Å². The molecule has 0 aliphatic carbocycles. The molecule has 2 rings (SSSR count). The van der Waals surface area contributed by atoms with E-state index < -0.39 is 11.9 Å². The molecular formula is C16H14ClNO4. The highest BCUT2D eigenvalue weighted by atomic mass is 35.5. The monoisotopic (exact) mass is 319 g/mol. The summed E-state index contributed by atoms with van der Waals surface area (Å²) in [6.45, 7) is -0.641. The highest BCUT2D eigenvalue weighted by molar-refractivity contribution is 6.30. The fourth-order valence-electron chi connectivity index (χ4n) is 1.61. The van der Waals surface area contributed by atoms with Crippen LogP contribution < -0.4 is 10.1 Å². The molecule has 0 saturated heterocycles. The molecule has 6 heteroatoms. The van der Waals surface area contributed by atoms with E-state index in [1.54, 1.807) is 48.5 Å². The van der Waals surface area contributed by atoms with E-state index in [9.17, 15) is 9.59 Å². The summed E-state index contributed by atoms with van der Waals surface area (Å²) in [5.41, 5.74) is 0.536. The molecule has 1 amide bonds. The zero-order valence-corrected chi connectivity index (χ0v) is 12.4. The minimum atomic E-state index is -0.620. The summed E-state index contributed by atoms with van der Waals surface area (Å²) in [6, 6.07) is 15.5. The van der Waals surface area contributed by atoms with E-state index in [1.807, 2.05) is 6.07 Å². The smallest absolute Gasteiger partial charge is 0.344 e. The first-order valence-electron chi connectivity index (χ1n) is 6.52. The van der Waals surface area contributed by atoms with Gasteiger partial charge in [0, 0.05) is 10.7 Å². The van der Waals surface area contributed by atoms with Gasteiger partial charge in [0.15, 0.2) is 13.2 Å². The van der Waals surface area contributed by atoms with Crippen LogP contribution in [0.5, 0.6) is 5.75 Å². The third-order valence-electron chi connectivity index (χ3n) is 2.57. The van der Waals surface area contributed by atoms with Gasteiger partial charge in [0.25, 0.3) is 5.91 Å². The van der Waals surface area contributed by atoms with Crippen LogP contribution in [0.2, 0.25) is 5.02 Å². The average Bonchev–Trinajstić information content (AvgIpc) is 2.52. The second kappa shape index (κ2) is 8.05. The Labute approximate surface area is 132 Å². The van der Waals surface area contributed by atoms with Crippen molar-refractivity contribution in [2.45, 2.75) is 0 Å². The van der Waals surface area contributed by atoms with E-state index in [2.05, 4.69) is 5.32 Å². The van der Waals surface area contributed by atoms with Crippen molar-refractivity contribution in [1.29, 1.82) is 0 Å². The van der Waals surface area contributed by atoms with Crippen molar-refractivity contribution < 1.29 is 19.1 Å². The van der Waals surface area contributed by atoms with Gasteiger partial charge in [-0.3, -0.25) is 4.79 Å². The molecule has 0 heterocycles. The number of nitrogens with one attached hydrogen (secondary N) is 1. The number of ether oxygens (including phenoxy) is 2. The Kier molecular flexibility index (Phi) is 5.80. The fraction of sp³-hybridized carbons (Fsp3) is 0.125. The van der Waals surface area contributed by atoms with Gasteiger partial charge in [-0.2, -0.15) is 0 Å². The molecule has 5 nitrogen and oxygen atoms in total. The van der Waals surface area contributed by atoms with Crippen LogP contribution in [0.1, 0.15) is 0 Å². The maximum absolute atomic E-state index is 11.6. The summed E-state index contributed by atoms with van der Waals surface area (Å²) in [4.78, 5) is 23.1. The lowest BCUT2D eigenvalue weighted by molar-refractivity contribution is -0.149. The summed E-state index contributed by atoms with van der Waals surface area (Å²) >= 11 is 5.80. The predicted octanol–water partition coefficient (Wildman–Crippen LogP) is 2.90. The number of anilines is 1. The summed E-state index contributed by atoms with van der Waals surface area (Å²) in [5, 5.41) is 3.08. The molecular weight excluding hydrogens is 306 g/mol. The lowest BCUT2D eigenvalue weighted by Gasteiger charge is -2.08.